The number of benzene rings is 2. The van der Waals surface area contributed by atoms with E-state index < -0.39 is 0 Å². The van der Waals surface area contributed by atoms with Gasteiger partial charge in [-0.1, -0.05) is 24.3 Å². The molecule has 2 aromatic rings. The van der Waals surface area contributed by atoms with E-state index in [4.69, 9.17) is 9.47 Å². The minimum absolute atomic E-state index is 0.149. The molecule has 2 rings (SSSR count). The van der Waals surface area contributed by atoms with Crippen molar-refractivity contribution in [2.75, 3.05) is 13.7 Å². The van der Waals surface area contributed by atoms with Crippen LogP contribution in [0, 0.1) is 6.92 Å². The lowest BCUT2D eigenvalue weighted by atomic mass is 10.1. The van der Waals surface area contributed by atoms with Gasteiger partial charge in [-0.05, 0) is 43.2 Å². The largest absolute Gasteiger partial charge is 0.496 e. The highest BCUT2D eigenvalue weighted by atomic mass is 16.5. The second kappa shape index (κ2) is 7.50. The number of rotatable bonds is 6. The van der Waals surface area contributed by atoms with Gasteiger partial charge in [-0.25, -0.2) is 0 Å². The first-order valence-electron chi connectivity index (χ1n) is 7.29. The maximum Gasteiger partial charge on any atom is 0.255 e. The smallest absolute Gasteiger partial charge is 0.255 e. The number of ether oxygens (including phenoxy) is 2. The molecule has 0 spiro atoms. The van der Waals surface area contributed by atoms with E-state index in [1.54, 1.807) is 19.2 Å². The minimum atomic E-state index is -0.149. The summed E-state index contributed by atoms with van der Waals surface area (Å²) in [6, 6.07) is 13.1. The van der Waals surface area contributed by atoms with E-state index in [1.807, 2.05) is 44.2 Å². The van der Waals surface area contributed by atoms with Crippen molar-refractivity contribution >= 4 is 5.91 Å². The molecule has 0 aliphatic carbocycles. The Morgan fingerprint density at radius 2 is 1.91 bits per heavy atom. The predicted molar refractivity (Wildman–Crippen MR) is 86.5 cm³/mol. The summed E-state index contributed by atoms with van der Waals surface area (Å²) in [6.45, 7) is 5.06. The van der Waals surface area contributed by atoms with Gasteiger partial charge < -0.3 is 14.8 Å². The summed E-state index contributed by atoms with van der Waals surface area (Å²) in [7, 11) is 1.56. The first-order valence-corrected chi connectivity index (χ1v) is 7.29. The van der Waals surface area contributed by atoms with Gasteiger partial charge in [-0.15, -0.1) is 0 Å². The van der Waals surface area contributed by atoms with E-state index >= 15 is 0 Å². The zero-order valence-electron chi connectivity index (χ0n) is 13.2. The second-order valence-corrected chi connectivity index (χ2v) is 4.92. The molecule has 2 aromatic carbocycles. The van der Waals surface area contributed by atoms with E-state index in [1.165, 1.54) is 0 Å². The summed E-state index contributed by atoms with van der Waals surface area (Å²) < 4.78 is 10.7. The zero-order valence-corrected chi connectivity index (χ0v) is 13.2. The molecule has 0 aromatic heterocycles. The van der Waals surface area contributed by atoms with E-state index in [0.29, 0.717) is 24.5 Å². The topological polar surface area (TPSA) is 47.6 Å². The molecule has 0 saturated heterocycles. The number of carbonyl (C=O) groups is 1. The Morgan fingerprint density at radius 3 is 2.59 bits per heavy atom. The molecule has 4 heteroatoms. The van der Waals surface area contributed by atoms with Crippen LogP contribution in [-0.4, -0.2) is 19.6 Å². The molecule has 0 bridgehead atoms. The Hall–Kier alpha value is -2.49. The fourth-order valence-corrected chi connectivity index (χ4v) is 2.25. The van der Waals surface area contributed by atoms with Crippen molar-refractivity contribution in [1.82, 2.24) is 5.32 Å². The zero-order chi connectivity index (χ0) is 15.9. The standard InChI is InChI=1S/C18H21NO3/c1-4-22-16-10-9-14(11-13(16)2)12-19-18(20)15-7-5-6-8-17(15)21-3/h5-11H,4,12H2,1-3H3,(H,19,20). The van der Waals surface area contributed by atoms with Gasteiger partial charge in [0, 0.05) is 6.54 Å². The van der Waals surface area contributed by atoms with Crippen LogP contribution in [0.3, 0.4) is 0 Å². The highest BCUT2D eigenvalue weighted by Crippen LogP contribution is 2.20. The van der Waals surface area contributed by atoms with Crippen molar-refractivity contribution in [2.24, 2.45) is 0 Å². The number of para-hydroxylation sites is 1. The van der Waals surface area contributed by atoms with Crippen molar-refractivity contribution in [3.63, 3.8) is 0 Å². The molecular weight excluding hydrogens is 278 g/mol. The van der Waals surface area contributed by atoms with Crippen LogP contribution in [0.25, 0.3) is 0 Å². The van der Waals surface area contributed by atoms with Gasteiger partial charge in [-0.3, -0.25) is 4.79 Å². The lowest BCUT2D eigenvalue weighted by Gasteiger charge is -2.11. The highest BCUT2D eigenvalue weighted by Gasteiger charge is 2.11. The third kappa shape index (κ3) is 3.79. The summed E-state index contributed by atoms with van der Waals surface area (Å²) in [5.74, 6) is 1.30. The van der Waals surface area contributed by atoms with Gasteiger partial charge in [0.2, 0.25) is 0 Å². The lowest BCUT2D eigenvalue weighted by molar-refractivity contribution is 0.0948. The van der Waals surface area contributed by atoms with Crippen molar-refractivity contribution in [3.05, 3.63) is 59.2 Å². The van der Waals surface area contributed by atoms with Crippen LogP contribution in [0.5, 0.6) is 11.5 Å². The molecule has 0 aliphatic rings. The molecule has 0 radical (unpaired) electrons. The molecule has 0 saturated carbocycles. The molecule has 116 valence electrons. The van der Waals surface area contributed by atoms with Crippen molar-refractivity contribution < 1.29 is 14.3 Å². The minimum Gasteiger partial charge on any atom is -0.496 e. The van der Waals surface area contributed by atoms with Crippen LogP contribution in [0.1, 0.15) is 28.4 Å². The Labute approximate surface area is 131 Å². The molecule has 1 amide bonds. The first kappa shape index (κ1) is 15.9. The van der Waals surface area contributed by atoms with Crippen molar-refractivity contribution in [3.8, 4) is 11.5 Å². The number of nitrogens with one attached hydrogen (secondary N) is 1. The van der Waals surface area contributed by atoms with Gasteiger partial charge in [0.1, 0.15) is 11.5 Å². The molecule has 0 unspecified atom stereocenters. The summed E-state index contributed by atoms with van der Waals surface area (Å²) in [4.78, 5) is 12.2. The number of hydrogen-bond acceptors (Lipinski definition) is 3. The average molecular weight is 299 g/mol. The fraction of sp³-hybridized carbons (Fsp3) is 0.278. The molecule has 0 fully saturated rings. The predicted octanol–water partition coefficient (Wildman–Crippen LogP) is 3.33. The Kier molecular flexibility index (Phi) is 5.42. The maximum atomic E-state index is 12.2. The highest BCUT2D eigenvalue weighted by molar-refractivity contribution is 5.96. The Balaban J connectivity index is 2.03. The maximum absolute atomic E-state index is 12.2. The fourth-order valence-electron chi connectivity index (χ4n) is 2.25. The molecule has 22 heavy (non-hydrogen) atoms. The molecule has 0 heterocycles. The average Bonchev–Trinajstić information content (AvgIpc) is 2.55. The molecule has 0 aliphatic heterocycles. The van der Waals surface area contributed by atoms with Crippen molar-refractivity contribution in [1.29, 1.82) is 0 Å². The van der Waals surface area contributed by atoms with Crippen LogP contribution in [0.4, 0.5) is 0 Å². The van der Waals surface area contributed by atoms with Gasteiger partial charge >= 0.3 is 0 Å². The number of aryl methyl sites for hydroxylation is 1. The normalized spacial score (nSPS) is 10.1. The van der Waals surface area contributed by atoms with Crippen LogP contribution in [0.2, 0.25) is 0 Å². The molecule has 0 atom stereocenters. The van der Waals surface area contributed by atoms with Crippen LogP contribution < -0.4 is 14.8 Å². The third-order valence-electron chi connectivity index (χ3n) is 3.34. The van der Waals surface area contributed by atoms with Crippen LogP contribution in [-0.2, 0) is 6.54 Å². The van der Waals surface area contributed by atoms with E-state index in [0.717, 1.165) is 16.9 Å². The Morgan fingerprint density at radius 1 is 1.14 bits per heavy atom. The van der Waals surface area contributed by atoms with Gasteiger partial charge in [-0.2, -0.15) is 0 Å². The van der Waals surface area contributed by atoms with Crippen LogP contribution in [0.15, 0.2) is 42.5 Å². The third-order valence-corrected chi connectivity index (χ3v) is 3.34. The van der Waals surface area contributed by atoms with Crippen LogP contribution >= 0.6 is 0 Å². The lowest BCUT2D eigenvalue weighted by Crippen LogP contribution is -2.23. The van der Waals surface area contributed by atoms with Gasteiger partial charge in [0.15, 0.2) is 0 Å². The SMILES string of the molecule is CCOc1ccc(CNC(=O)c2ccccc2OC)cc1C. The molecule has 1 N–H and O–H groups in total. The van der Waals surface area contributed by atoms with Crippen molar-refractivity contribution in [2.45, 2.75) is 20.4 Å². The summed E-state index contributed by atoms with van der Waals surface area (Å²) in [5, 5.41) is 2.91. The summed E-state index contributed by atoms with van der Waals surface area (Å²) >= 11 is 0. The van der Waals surface area contributed by atoms with E-state index in [9.17, 15) is 4.79 Å². The number of hydrogen-bond donors (Lipinski definition) is 1. The number of methoxy groups -OCH3 is 1. The van der Waals surface area contributed by atoms with E-state index in [-0.39, 0.29) is 5.91 Å². The Bertz CT molecular complexity index is 653. The number of amides is 1. The first-order chi connectivity index (χ1) is 10.7. The molecular formula is C18H21NO3. The van der Waals surface area contributed by atoms with E-state index in [2.05, 4.69) is 5.32 Å². The second-order valence-electron chi connectivity index (χ2n) is 4.92. The quantitative estimate of drug-likeness (QED) is 0.890. The van der Waals surface area contributed by atoms with Gasteiger partial charge in [0.05, 0.1) is 19.3 Å². The number of carbonyl (C=O) groups excluding carboxylic acids is 1. The molecule has 4 nitrogen and oxygen atoms in total. The van der Waals surface area contributed by atoms with Gasteiger partial charge in [0.25, 0.3) is 5.91 Å². The monoisotopic (exact) mass is 299 g/mol. The summed E-state index contributed by atoms with van der Waals surface area (Å²) in [6.07, 6.45) is 0. The summed E-state index contributed by atoms with van der Waals surface area (Å²) in [5.41, 5.74) is 2.63.